The molecule has 0 amide bonds. The molecule has 2 heteroatoms. The van der Waals surface area contributed by atoms with Gasteiger partial charge in [0.1, 0.15) is 0 Å². The molecule has 104 valence electrons. The fourth-order valence-corrected chi connectivity index (χ4v) is 3.10. The number of hydrogen-bond donors (Lipinski definition) is 0. The van der Waals surface area contributed by atoms with Crippen molar-refractivity contribution in [1.29, 1.82) is 0 Å². The predicted octanol–water partition coefficient (Wildman–Crippen LogP) is 5.06. The highest BCUT2D eigenvalue weighted by molar-refractivity contribution is 7.99. The van der Waals surface area contributed by atoms with Gasteiger partial charge in [0.2, 0.25) is 0 Å². The van der Waals surface area contributed by atoms with Gasteiger partial charge in [-0.2, -0.15) is 0 Å². The average molecular weight is 284 g/mol. The normalized spacial score (nSPS) is 10.5. The fraction of sp³-hybridized carbons (Fsp3) is 0.278. The molecule has 0 aromatic heterocycles. The van der Waals surface area contributed by atoms with Crippen LogP contribution in [0.4, 0.5) is 0 Å². The molecule has 0 unspecified atom stereocenters. The summed E-state index contributed by atoms with van der Waals surface area (Å²) in [7, 11) is 0. The van der Waals surface area contributed by atoms with Crippen LogP contribution in [0.5, 0.6) is 0 Å². The Bertz CT molecular complexity index is 575. The maximum Gasteiger partial charge on any atom is 0.162 e. The van der Waals surface area contributed by atoms with Crippen molar-refractivity contribution in [3.63, 3.8) is 0 Å². The van der Waals surface area contributed by atoms with Crippen molar-refractivity contribution < 1.29 is 4.79 Å². The van der Waals surface area contributed by atoms with Crippen LogP contribution >= 0.6 is 11.8 Å². The van der Waals surface area contributed by atoms with Crippen molar-refractivity contribution in [2.45, 2.75) is 31.6 Å². The molecule has 20 heavy (non-hydrogen) atoms. The summed E-state index contributed by atoms with van der Waals surface area (Å²) in [5.41, 5.74) is 3.44. The van der Waals surface area contributed by atoms with E-state index in [-0.39, 0.29) is 5.78 Å². The lowest BCUT2D eigenvalue weighted by Crippen LogP contribution is -1.99. The van der Waals surface area contributed by atoms with Gasteiger partial charge in [0.25, 0.3) is 0 Å². The van der Waals surface area contributed by atoms with Gasteiger partial charge in [0.05, 0.1) is 0 Å². The van der Waals surface area contributed by atoms with Crippen molar-refractivity contribution in [2.24, 2.45) is 0 Å². The van der Waals surface area contributed by atoms with Crippen LogP contribution in [0.1, 0.15) is 34.3 Å². The lowest BCUT2D eigenvalue weighted by atomic mass is 10.1. The van der Waals surface area contributed by atoms with Gasteiger partial charge in [0, 0.05) is 16.9 Å². The summed E-state index contributed by atoms with van der Waals surface area (Å²) >= 11 is 1.84. The third-order valence-corrected chi connectivity index (χ3v) is 4.49. The summed E-state index contributed by atoms with van der Waals surface area (Å²) in [6.07, 6.45) is 1.55. The van der Waals surface area contributed by atoms with Crippen molar-refractivity contribution in [3.05, 3.63) is 65.2 Å². The van der Waals surface area contributed by atoms with E-state index in [0.717, 1.165) is 17.7 Å². The standard InChI is InChI=1S/C18H20OS/c1-14-10-11-18(15(2)13-14)20-12-6-9-17(19)16-7-4-3-5-8-16/h3-5,7-8,10-11,13H,6,9,12H2,1-2H3. The summed E-state index contributed by atoms with van der Waals surface area (Å²) < 4.78 is 0. The van der Waals surface area contributed by atoms with Gasteiger partial charge in [0.15, 0.2) is 5.78 Å². The Hall–Kier alpha value is -1.54. The van der Waals surface area contributed by atoms with E-state index in [4.69, 9.17) is 0 Å². The average Bonchev–Trinajstić information content (AvgIpc) is 2.46. The van der Waals surface area contributed by atoms with E-state index in [0.29, 0.717) is 6.42 Å². The molecule has 0 atom stereocenters. The molecule has 0 aliphatic heterocycles. The second-order valence-corrected chi connectivity index (χ2v) is 6.15. The molecule has 0 aliphatic carbocycles. The number of rotatable bonds is 6. The van der Waals surface area contributed by atoms with E-state index in [1.165, 1.54) is 16.0 Å². The van der Waals surface area contributed by atoms with Crippen LogP contribution in [0.2, 0.25) is 0 Å². The van der Waals surface area contributed by atoms with E-state index < -0.39 is 0 Å². The number of aryl methyl sites for hydroxylation is 2. The minimum absolute atomic E-state index is 0.242. The number of carbonyl (C=O) groups excluding carboxylic acids is 1. The van der Waals surface area contributed by atoms with Crippen LogP contribution in [-0.2, 0) is 0 Å². The minimum Gasteiger partial charge on any atom is -0.294 e. The predicted molar refractivity (Wildman–Crippen MR) is 86.6 cm³/mol. The van der Waals surface area contributed by atoms with E-state index in [2.05, 4.69) is 32.0 Å². The van der Waals surface area contributed by atoms with Crippen LogP contribution in [-0.4, -0.2) is 11.5 Å². The van der Waals surface area contributed by atoms with E-state index in [1.54, 1.807) is 0 Å². The maximum atomic E-state index is 12.0. The lowest BCUT2D eigenvalue weighted by Gasteiger charge is -2.06. The van der Waals surface area contributed by atoms with Crippen LogP contribution in [0.15, 0.2) is 53.4 Å². The minimum atomic E-state index is 0.242. The van der Waals surface area contributed by atoms with Gasteiger partial charge in [-0.3, -0.25) is 4.79 Å². The number of Topliss-reactive ketones (excluding diaryl/α,β-unsaturated/α-hetero) is 1. The first-order chi connectivity index (χ1) is 9.66. The third-order valence-electron chi connectivity index (χ3n) is 3.23. The zero-order valence-corrected chi connectivity index (χ0v) is 12.9. The SMILES string of the molecule is Cc1ccc(SCCCC(=O)c2ccccc2)c(C)c1. The lowest BCUT2D eigenvalue weighted by molar-refractivity contribution is 0.0982. The molecule has 0 saturated heterocycles. The Morgan fingerprint density at radius 2 is 1.80 bits per heavy atom. The number of benzene rings is 2. The van der Waals surface area contributed by atoms with E-state index >= 15 is 0 Å². The molecule has 0 fully saturated rings. The quantitative estimate of drug-likeness (QED) is 0.419. The molecule has 0 radical (unpaired) electrons. The second-order valence-electron chi connectivity index (χ2n) is 5.01. The Labute approximate surface area is 125 Å². The highest BCUT2D eigenvalue weighted by Gasteiger charge is 2.05. The van der Waals surface area contributed by atoms with Gasteiger partial charge >= 0.3 is 0 Å². The Balaban J connectivity index is 1.78. The molecule has 2 rings (SSSR count). The molecule has 0 aliphatic rings. The van der Waals surface area contributed by atoms with Gasteiger partial charge in [-0.15, -0.1) is 11.8 Å². The monoisotopic (exact) mass is 284 g/mol. The van der Waals surface area contributed by atoms with Crippen molar-refractivity contribution in [3.8, 4) is 0 Å². The second kappa shape index (κ2) is 7.30. The topological polar surface area (TPSA) is 17.1 Å². The van der Waals surface area contributed by atoms with E-state index in [9.17, 15) is 4.79 Å². The molecule has 0 N–H and O–H groups in total. The van der Waals surface area contributed by atoms with Gasteiger partial charge in [-0.05, 0) is 37.7 Å². The van der Waals surface area contributed by atoms with Gasteiger partial charge < -0.3 is 0 Å². The van der Waals surface area contributed by atoms with Gasteiger partial charge in [-0.1, -0.05) is 48.0 Å². The highest BCUT2D eigenvalue weighted by Crippen LogP contribution is 2.24. The first-order valence-electron chi connectivity index (χ1n) is 6.95. The fourth-order valence-electron chi connectivity index (χ4n) is 2.14. The summed E-state index contributed by atoms with van der Waals surface area (Å²) in [6, 6.07) is 16.1. The highest BCUT2D eigenvalue weighted by atomic mass is 32.2. The molecule has 2 aromatic rings. The van der Waals surface area contributed by atoms with Gasteiger partial charge in [-0.25, -0.2) is 0 Å². The summed E-state index contributed by atoms with van der Waals surface area (Å²) in [5, 5.41) is 0. The van der Waals surface area contributed by atoms with Crippen LogP contribution in [0.25, 0.3) is 0 Å². The molecule has 0 saturated carbocycles. The number of ketones is 1. The Morgan fingerprint density at radius 1 is 1.05 bits per heavy atom. The van der Waals surface area contributed by atoms with Crippen molar-refractivity contribution >= 4 is 17.5 Å². The first kappa shape index (κ1) is 14.9. The third kappa shape index (κ3) is 4.24. The Morgan fingerprint density at radius 3 is 2.50 bits per heavy atom. The van der Waals surface area contributed by atoms with Crippen LogP contribution in [0, 0.1) is 13.8 Å². The number of carbonyl (C=O) groups is 1. The molecule has 0 heterocycles. The molecule has 0 spiro atoms. The van der Waals surface area contributed by atoms with Crippen LogP contribution in [0.3, 0.4) is 0 Å². The molecule has 0 bridgehead atoms. The zero-order valence-electron chi connectivity index (χ0n) is 12.1. The smallest absolute Gasteiger partial charge is 0.162 e. The van der Waals surface area contributed by atoms with Crippen molar-refractivity contribution in [2.75, 3.05) is 5.75 Å². The number of hydrogen-bond acceptors (Lipinski definition) is 2. The van der Waals surface area contributed by atoms with Crippen LogP contribution < -0.4 is 0 Å². The largest absolute Gasteiger partial charge is 0.294 e. The molecular weight excluding hydrogens is 264 g/mol. The number of thioether (sulfide) groups is 1. The maximum absolute atomic E-state index is 12.0. The molecule has 1 nitrogen and oxygen atoms in total. The van der Waals surface area contributed by atoms with Crippen molar-refractivity contribution in [1.82, 2.24) is 0 Å². The summed E-state index contributed by atoms with van der Waals surface area (Å²) in [6.45, 7) is 4.25. The van der Waals surface area contributed by atoms with E-state index in [1.807, 2.05) is 42.1 Å². The zero-order chi connectivity index (χ0) is 14.4. The molecular formula is C18H20OS. The molecule has 2 aromatic carbocycles. The summed E-state index contributed by atoms with van der Waals surface area (Å²) in [4.78, 5) is 13.3. The summed E-state index contributed by atoms with van der Waals surface area (Å²) in [5.74, 6) is 1.23. The first-order valence-corrected chi connectivity index (χ1v) is 7.93. The Kier molecular flexibility index (Phi) is 5.42.